The molecule has 0 bridgehead atoms. The summed E-state index contributed by atoms with van der Waals surface area (Å²) in [6.07, 6.45) is 5.51. The number of rotatable bonds is 3. The Bertz CT molecular complexity index is 1590. The number of para-hydroxylation sites is 2. The van der Waals surface area contributed by atoms with Crippen molar-refractivity contribution in [1.82, 2.24) is 9.55 Å². The number of thiazole rings is 1. The predicted octanol–water partition coefficient (Wildman–Crippen LogP) is 5.43. The lowest BCUT2D eigenvalue weighted by Crippen LogP contribution is -2.17. The van der Waals surface area contributed by atoms with Crippen molar-refractivity contribution in [3.8, 4) is 23.6 Å². The largest absolute Gasteiger partial charge is 0.302 e. The van der Waals surface area contributed by atoms with E-state index < -0.39 is 11.7 Å². The van der Waals surface area contributed by atoms with Crippen LogP contribution in [0.25, 0.3) is 32.4 Å². The number of halogens is 1. The summed E-state index contributed by atoms with van der Waals surface area (Å²) in [5, 5.41) is 0.705. The number of carbonyl (C=O) groups is 1. The maximum absolute atomic E-state index is 14.5. The molecule has 0 aliphatic carbocycles. The molecule has 0 saturated carbocycles. The van der Waals surface area contributed by atoms with Crippen molar-refractivity contribution in [3.63, 3.8) is 0 Å². The molecule has 3 aromatic carbocycles. The predicted molar refractivity (Wildman–Crippen MR) is 126 cm³/mol. The minimum Gasteiger partial charge on any atom is -0.302 e. The summed E-state index contributed by atoms with van der Waals surface area (Å²) in [4.78, 5) is 22.8. The van der Waals surface area contributed by atoms with Crippen LogP contribution in [0.5, 0.6) is 0 Å². The third kappa shape index (κ3) is 3.49. The normalized spacial score (nSPS) is 11.7. The van der Waals surface area contributed by atoms with Crippen LogP contribution in [0.4, 0.5) is 4.39 Å². The Labute approximate surface area is 187 Å². The molecule has 0 unspecified atom stereocenters. The number of terminal acetylenes is 1. The van der Waals surface area contributed by atoms with E-state index in [4.69, 9.17) is 11.4 Å². The fourth-order valence-corrected chi connectivity index (χ4v) is 4.71. The van der Waals surface area contributed by atoms with Crippen LogP contribution in [0.2, 0.25) is 0 Å². The number of pyridine rings is 1. The molecule has 4 nitrogen and oxygen atoms in total. The van der Waals surface area contributed by atoms with Gasteiger partial charge in [0, 0.05) is 10.9 Å². The van der Waals surface area contributed by atoms with Crippen molar-refractivity contribution >= 4 is 38.4 Å². The number of fused-ring (bicyclic) bond motifs is 2. The Morgan fingerprint density at radius 2 is 1.84 bits per heavy atom. The molecular weight excluding hydrogens is 421 g/mol. The molecule has 0 spiro atoms. The number of nitrogens with zero attached hydrogens (tertiary/aromatic N) is 3. The lowest BCUT2D eigenvalue weighted by molar-refractivity contribution is 0.0999. The fraction of sp³-hybridized carbons (Fsp3) is 0.0385. The summed E-state index contributed by atoms with van der Waals surface area (Å²) in [6.45, 7) is 0.111. The summed E-state index contributed by atoms with van der Waals surface area (Å²) in [5.74, 6) is 1.69. The topological polar surface area (TPSA) is 47.2 Å². The molecule has 1 amide bonds. The first-order chi connectivity index (χ1) is 15.7. The third-order valence-corrected chi connectivity index (χ3v) is 6.16. The molecule has 5 rings (SSSR count). The third-order valence-electron chi connectivity index (χ3n) is 5.11. The first-order valence-electron chi connectivity index (χ1n) is 9.91. The van der Waals surface area contributed by atoms with Crippen LogP contribution in [-0.2, 0) is 6.54 Å². The highest BCUT2D eigenvalue weighted by atomic mass is 32.1. The smallest absolute Gasteiger partial charge is 0.280 e. The standard InChI is InChI=1S/C26H16FN3OS/c1-2-15-30-24-20(27)12-8-14-23(24)32-26(30)29-25(31)19-16-22(17-9-4-3-5-10-17)28-21-13-7-6-11-18(19)21/h1,3-14,16H,15H2. The lowest BCUT2D eigenvalue weighted by Gasteiger charge is -2.07. The van der Waals surface area contributed by atoms with Crippen LogP contribution < -0.4 is 4.80 Å². The van der Waals surface area contributed by atoms with Crippen LogP contribution in [0.3, 0.4) is 0 Å². The second kappa shape index (κ2) is 8.22. The van der Waals surface area contributed by atoms with Crippen molar-refractivity contribution in [2.45, 2.75) is 6.54 Å². The molecule has 6 heteroatoms. The van der Waals surface area contributed by atoms with E-state index in [1.54, 1.807) is 22.8 Å². The van der Waals surface area contributed by atoms with Gasteiger partial charge < -0.3 is 4.57 Å². The van der Waals surface area contributed by atoms with Crippen LogP contribution >= 0.6 is 11.3 Å². The Morgan fingerprint density at radius 3 is 2.66 bits per heavy atom. The Balaban J connectivity index is 1.73. The monoisotopic (exact) mass is 437 g/mol. The van der Waals surface area contributed by atoms with Crippen LogP contribution in [0.1, 0.15) is 10.4 Å². The van der Waals surface area contributed by atoms with Gasteiger partial charge in [0.05, 0.1) is 33.5 Å². The van der Waals surface area contributed by atoms with Gasteiger partial charge in [0.2, 0.25) is 0 Å². The van der Waals surface area contributed by atoms with E-state index >= 15 is 0 Å². The van der Waals surface area contributed by atoms with E-state index in [0.717, 1.165) is 5.56 Å². The zero-order valence-corrected chi connectivity index (χ0v) is 17.6. The minimum atomic E-state index is -0.432. The van der Waals surface area contributed by atoms with Gasteiger partial charge in [-0.3, -0.25) is 4.79 Å². The zero-order chi connectivity index (χ0) is 22.1. The number of benzene rings is 3. The van der Waals surface area contributed by atoms with E-state index in [0.29, 0.717) is 37.2 Å². The van der Waals surface area contributed by atoms with E-state index in [-0.39, 0.29) is 6.54 Å². The first kappa shape index (κ1) is 19.9. The second-order valence-corrected chi connectivity index (χ2v) is 8.13. The number of hydrogen-bond donors (Lipinski definition) is 0. The maximum Gasteiger partial charge on any atom is 0.280 e. The van der Waals surface area contributed by atoms with Crippen molar-refractivity contribution in [2.75, 3.05) is 0 Å². The number of hydrogen-bond acceptors (Lipinski definition) is 3. The van der Waals surface area contributed by atoms with Crippen molar-refractivity contribution in [1.29, 1.82) is 0 Å². The van der Waals surface area contributed by atoms with Gasteiger partial charge in [0.15, 0.2) is 4.80 Å². The molecule has 0 aliphatic heterocycles. The summed E-state index contributed by atoms with van der Waals surface area (Å²) in [7, 11) is 0. The Morgan fingerprint density at radius 1 is 1.06 bits per heavy atom. The summed E-state index contributed by atoms with van der Waals surface area (Å²) < 4.78 is 16.7. The maximum atomic E-state index is 14.5. The van der Waals surface area contributed by atoms with Crippen LogP contribution in [0, 0.1) is 18.2 Å². The van der Waals surface area contributed by atoms with Gasteiger partial charge in [-0.25, -0.2) is 9.37 Å². The van der Waals surface area contributed by atoms with Gasteiger partial charge >= 0.3 is 0 Å². The van der Waals surface area contributed by atoms with Gasteiger partial charge in [0.1, 0.15) is 5.82 Å². The van der Waals surface area contributed by atoms with Crippen molar-refractivity contribution in [3.05, 3.63) is 95.0 Å². The van der Waals surface area contributed by atoms with Gasteiger partial charge in [-0.1, -0.05) is 71.9 Å². The first-order valence-corrected chi connectivity index (χ1v) is 10.7. The molecule has 5 aromatic rings. The van der Waals surface area contributed by atoms with E-state index in [2.05, 4.69) is 10.9 Å². The summed E-state index contributed by atoms with van der Waals surface area (Å²) in [5.41, 5.74) is 3.07. The highest BCUT2D eigenvalue weighted by Gasteiger charge is 2.16. The molecule has 2 heterocycles. The number of amides is 1. The molecule has 0 N–H and O–H groups in total. The quantitative estimate of drug-likeness (QED) is 0.353. The molecule has 0 fully saturated rings. The Kier molecular flexibility index (Phi) is 5.10. The highest BCUT2D eigenvalue weighted by Crippen LogP contribution is 2.26. The zero-order valence-electron chi connectivity index (χ0n) is 16.8. The van der Waals surface area contributed by atoms with Crippen molar-refractivity contribution in [2.24, 2.45) is 4.99 Å². The van der Waals surface area contributed by atoms with Gasteiger partial charge in [-0.05, 0) is 24.3 Å². The summed E-state index contributed by atoms with van der Waals surface area (Å²) in [6, 6.07) is 23.6. The molecule has 0 aliphatic rings. The molecule has 0 saturated heterocycles. The highest BCUT2D eigenvalue weighted by molar-refractivity contribution is 7.16. The summed E-state index contributed by atoms with van der Waals surface area (Å²) >= 11 is 1.23. The van der Waals surface area contributed by atoms with Crippen LogP contribution in [-0.4, -0.2) is 15.5 Å². The molecule has 0 radical (unpaired) electrons. The van der Waals surface area contributed by atoms with Gasteiger partial charge in [-0.2, -0.15) is 4.99 Å². The lowest BCUT2D eigenvalue weighted by atomic mass is 10.0. The fourth-order valence-electron chi connectivity index (χ4n) is 3.67. The molecule has 32 heavy (non-hydrogen) atoms. The van der Waals surface area contributed by atoms with Gasteiger partial charge in [-0.15, -0.1) is 6.42 Å². The van der Waals surface area contributed by atoms with Gasteiger partial charge in [0.25, 0.3) is 5.91 Å². The van der Waals surface area contributed by atoms with Crippen LogP contribution in [0.15, 0.2) is 83.9 Å². The number of carbonyl (C=O) groups excluding carboxylic acids is 1. The van der Waals surface area contributed by atoms with Crippen molar-refractivity contribution < 1.29 is 9.18 Å². The molecule has 154 valence electrons. The number of aromatic nitrogens is 2. The minimum absolute atomic E-state index is 0.111. The molecule has 2 aromatic heterocycles. The Hall–Kier alpha value is -4.08. The SMILES string of the molecule is C#CCn1c(=NC(=O)c2cc(-c3ccccc3)nc3ccccc23)sc2cccc(F)c21. The average molecular weight is 437 g/mol. The molecule has 0 atom stereocenters. The molecular formula is C26H16FN3OS. The average Bonchev–Trinajstić information content (AvgIpc) is 3.17. The van der Waals surface area contributed by atoms with E-state index in [1.165, 1.54) is 17.4 Å². The van der Waals surface area contributed by atoms with E-state index in [9.17, 15) is 9.18 Å². The van der Waals surface area contributed by atoms with E-state index in [1.807, 2.05) is 54.6 Å². The second-order valence-electron chi connectivity index (χ2n) is 7.12.